The van der Waals surface area contributed by atoms with Crippen LogP contribution in [-0.4, -0.2) is 13.2 Å². The second-order valence-electron chi connectivity index (χ2n) is 4.68. The smallest absolute Gasteiger partial charge is 0.120 e. The van der Waals surface area contributed by atoms with Gasteiger partial charge in [0.15, 0.2) is 0 Å². The van der Waals surface area contributed by atoms with Crippen LogP contribution >= 0.6 is 0 Å². The molecule has 1 saturated carbocycles. The molecule has 0 heterocycles. The molecule has 2 aromatic rings. The van der Waals surface area contributed by atoms with Gasteiger partial charge in [-0.15, -0.1) is 0 Å². The maximum atomic E-state index is 5.83. The second-order valence-corrected chi connectivity index (χ2v) is 4.68. The average Bonchev–Trinajstić information content (AvgIpc) is 3.23. The maximum absolute atomic E-state index is 5.83. The zero-order valence-electron chi connectivity index (χ0n) is 10.5. The lowest BCUT2D eigenvalue weighted by Crippen LogP contribution is -1.95. The molecular formula is C16H17NO. The number of anilines is 1. The van der Waals surface area contributed by atoms with Gasteiger partial charge in [0.2, 0.25) is 0 Å². The lowest BCUT2D eigenvalue weighted by Gasteiger charge is -2.08. The highest BCUT2D eigenvalue weighted by molar-refractivity contribution is 5.69. The van der Waals surface area contributed by atoms with Crippen molar-refractivity contribution in [3.05, 3.63) is 48.5 Å². The van der Waals surface area contributed by atoms with Crippen molar-refractivity contribution in [3.8, 4) is 16.9 Å². The molecule has 1 fully saturated rings. The number of rotatable bonds is 4. The normalized spacial score (nSPS) is 14.3. The molecular weight excluding hydrogens is 222 g/mol. The minimum absolute atomic E-state index is 0.448. The molecule has 92 valence electrons. The highest BCUT2D eigenvalue weighted by Crippen LogP contribution is 2.30. The van der Waals surface area contributed by atoms with Crippen LogP contribution in [0.2, 0.25) is 0 Å². The van der Waals surface area contributed by atoms with Gasteiger partial charge in [0, 0.05) is 12.7 Å². The van der Waals surface area contributed by atoms with Gasteiger partial charge in [-0.3, -0.25) is 0 Å². The van der Waals surface area contributed by atoms with E-state index in [0.717, 1.165) is 11.4 Å². The van der Waals surface area contributed by atoms with Crippen LogP contribution in [0.4, 0.5) is 5.69 Å². The Hall–Kier alpha value is -1.96. The fourth-order valence-corrected chi connectivity index (χ4v) is 1.98. The third kappa shape index (κ3) is 2.48. The summed E-state index contributed by atoms with van der Waals surface area (Å²) in [5, 5.41) is 3.16. The Labute approximate surface area is 108 Å². The first-order chi connectivity index (χ1) is 8.85. The molecule has 0 aromatic heterocycles. The average molecular weight is 239 g/mol. The SMILES string of the molecule is CNc1cccc(-c2cccc(OC3CC3)c2)c1. The molecule has 0 aliphatic heterocycles. The Bertz CT molecular complexity index is 546. The Morgan fingerprint density at radius 1 is 1.00 bits per heavy atom. The molecule has 0 bridgehead atoms. The summed E-state index contributed by atoms with van der Waals surface area (Å²) in [6.45, 7) is 0. The van der Waals surface area contributed by atoms with Crippen molar-refractivity contribution < 1.29 is 4.74 Å². The van der Waals surface area contributed by atoms with Gasteiger partial charge in [-0.1, -0.05) is 24.3 Å². The van der Waals surface area contributed by atoms with E-state index < -0.39 is 0 Å². The predicted octanol–water partition coefficient (Wildman–Crippen LogP) is 3.94. The summed E-state index contributed by atoms with van der Waals surface area (Å²) >= 11 is 0. The van der Waals surface area contributed by atoms with Gasteiger partial charge >= 0.3 is 0 Å². The van der Waals surface area contributed by atoms with Crippen molar-refractivity contribution in [2.75, 3.05) is 12.4 Å². The van der Waals surface area contributed by atoms with Crippen molar-refractivity contribution >= 4 is 5.69 Å². The fraction of sp³-hybridized carbons (Fsp3) is 0.250. The van der Waals surface area contributed by atoms with Crippen LogP contribution in [0.5, 0.6) is 5.75 Å². The Morgan fingerprint density at radius 2 is 1.72 bits per heavy atom. The van der Waals surface area contributed by atoms with Gasteiger partial charge in [-0.2, -0.15) is 0 Å². The molecule has 0 unspecified atom stereocenters. The molecule has 2 heteroatoms. The van der Waals surface area contributed by atoms with Crippen molar-refractivity contribution in [3.63, 3.8) is 0 Å². The largest absolute Gasteiger partial charge is 0.490 e. The van der Waals surface area contributed by atoms with E-state index in [2.05, 4.69) is 47.8 Å². The van der Waals surface area contributed by atoms with E-state index in [4.69, 9.17) is 4.74 Å². The molecule has 2 nitrogen and oxygen atoms in total. The van der Waals surface area contributed by atoms with Crippen molar-refractivity contribution in [1.29, 1.82) is 0 Å². The van der Waals surface area contributed by atoms with E-state index in [0.29, 0.717) is 6.10 Å². The molecule has 1 aliphatic carbocycles. The van der Waals surface area contributed by atoms with E-state index in [1.807, 2.05) is 13.1 Å². The zero-order valence-corrected chi connectivity index (χ0v) is 10.5. The standard InChI is InChI=1S/C16H17NO/c1-17-14-6-2-4-12(10-14)13-5-3-7-16(11-13)18-15-8-9-15/h2-7,10-11,15,17H,8-9H2,1H3. The van der Waals surface area contributed by atoms with Crippen LogP contribution in [0.15, 0.2) is 48.5 Å². The number of hydrogen-bond acceptors (Lipinski definition) is 2. The summed E-state index contributed by atoms with van der Waals surface area (Å²) in [7, 11) is 1.94. The van der Waals surface area contributed by atoms with E-state index in [9.17, 15) is 0 Å². The highest BCUT2D eigenvalue weighted by atomic mass is 16.5. The quantitative estimate of drug-likeness (QED) is 0.872. The Balaban J connectivity index is 1.89. The van der Waals surface area contributed by atoms with Gasteiger partial charge in [0.25, 0.3) is 0 Å². The van der Waals surface area contributed by atoms with Crippen LogP contribution in [0.3, 0.4) is 0 Å². The summed E-state index contributed by atoms with van der Waals surface area (Å²) in [4.78, 5) is 0. The molecule has 0 amide bonds. The summed E-state index contributed by atoms with van der Waals surface area (Å²) in [5.74, 6) is 0.977. The van der Waals surface area contributed by atoms with Crippen LogP contribution < -0.4 is 10.1 Å². The fourth-order valence-electron chi connectivity index (χ4n) is 1.98. The predicted molar refractivity (Wildman–Crippen MR) is 75.1 cm³/mol. The van der Waals surface area contributed by atoms with Gasteiger partial charge in [0.05, 0.1) is 6.10 Å². The molecule has 1 N–H and O–H groups in total. The first kappa shape index (κ1) is 11.1. The number of ether oxygens (including phenoxy) is 1. The van der Waals surface area contributed by atoms with E-state index >= 15 is 0 Å². The summed E-state index contributed by atoms with van der Waals surface area (Å²) in [6, 6.07) is 16.7. The lowest BCUT2D eigenvalue weighted by molar-refractivity contribution is 0.303. The highest BCUT2D eigenvalue weighted by Gasteiger charge is 2.23. The molecule has 2 aromatic carbocycles. The number of nitrogens with one attached hydrogen (secondary N) is 1. The molecule has 0 atom stereocenters. The van der Waals surface area contributed by atoms with Gasteiger partial charge in [-0.25, -0.2) is 0 Å². The van der Waals surface area contributed by atoms with Crippen molar-refractivity contribution in [2.24, 2.45) is 0 Å². The van der Waals surface area contributed by atoms with Crippen LogP contribution in [0.25, 0.3) is 11.1 Å². The summed E-state index contributed by atoms with van der Waals surface area (Å²) in [5.41, 5.74) is 3.54. The van der Waals surface area contributed by atoms with Gasteiger partial charge in [-0.05, 0) is 48.2 Å². The molecule has 3 rings (SSSR count). The molecule has 0 radical (unpaired) electrons. The second kappa shape index (κ2) is 4.73. The minimum atomic E-state index is 0.448. The molecule has 0 saturated heterocycles. The Kier molecular flexibility index (Phi) is 2.93. The van der Waals surface area contributed by atoms with Crippen molar-refractivity contribution in [2.45, 2.75) is 18.9 Å². The van der Waals surface area contributed by atoms with Crippen LogP contribution in [0, 0.1) is 0 Å². The van der Waals surface area contributed by atoms with Gasteiger partial charge < -0.3 is 10.1 Å². The number of hydrogen-bond donors (Lipinski definition) is 1. The minimum Gasteiger partial charge on any atom is -0.490 e. The maximum Gasteiger partial charge on any atom is 0.120 e. The third-order valence-corrected chi connectivity index (χ3v) is 3.15. The molecule has 0 spiro atoms. The molecule has 1 aliphatic rings. The van der Waals surface area contributed by atoms with E-state index in [1.54, 1.807) is 0 Å². The van der Waals surface area contributed by atoms with E-state index in [1.165, 1.54) is 24.0 Å². The van der Waals surface area contributed by atoms with Crippen molar-refractivity contribution in [1.82, 2.24) is 0 Å². The zero-order chi connectivity index (χ0) is 12.4. The number of benzene rings is 2. The van der Waals surface area contributed by atoms with Crippen LogP contribution in [0.1, 0.15) is 12.8 Å². The third-order valence-electron chi connectivity index (χ3n) is 3.15. The first-order valence-corrected chi connectivity index (χ1v) is 6.40. The topological polar surface area (TPSA) is 21.3 Å². The Morgan fingerprint density at radius 3 is 2.44 bits per heavy atom. The molecule has 18 heavy (non-hydrogen) atoms. The van der Waals surface area contributed by atoms with E-state index in [-0.39, 0.29) is 0 Å². The van der Waals surface area contributed by atoms with Crippen LogP contribution in [-0.2, 0) is 0 Å². The van der Waals surface area contributed by atoms with Gasteiger partial charge in [0.1, 0.15) is 5.75 Å². The lowest BCUT2D eigenvalue weighted by atomic mass is 10.0. The first-order valence-electron chi connectivity index (χ1n) is 6.40. The monoisotopic (exact) mass is 239 g/mol. The summed E-state index contributed by atoms with van der Waals surface area (Å²) < 4.78 is 5.83. The summed E-state index contributed by atoms with van der Waals surface area (Å²) in [6.07, 6.45) is 2.84.